The lowest BCUT2D eigenvalue weighted by Gasteiger charge is -2.54. The second kappa shape index (κ2) is 36.9. The van der Waals surface area contributed by atoms with Crippen LogP contribution in [0.15, 0.2) is 84.9 Å². The maximum atomic E-state index is 16.7. The van der Waals surface area contributed by atoms with Gasteiger partial charge in [0.05, 0.1) is 36.3 Å². The summed E-state index contributed by atoms with van der Waals surface area (Å²) in [5.74, 6) is -15.3. The van der Waals surface area contributed by atoms with E-state index in [0.717, 1.165) is 62.9 Å². The Balaban J connectivity index is 0.952. The second-order valence-corrected chi connectivity index (χ2v) is 34.9. The average Bonchev–Trinajstić information content (AvgIpc) is 1.55. The summed E-state index contributed by atoms with van der Waals surface area (Å²) >= 11 is 7.22. The number of phenolic OH excluding ortho intramolecular Hbond substituents is 1. The van der Waals surface area contributed by atoms with Gasteiger partial charge in [-0.3, -0.25) is 48.5 Å². The predicted octanol–water partition coefficient (Wildman–Crippen LogP) is 1.35. The molecule has 5 aromatic carbocycles. The molecule has 2 saturated heterocycles. The summed E-state index contributed by atoms with van der Waals surface area (Å²) < 4.78 is 44.9. The number of nitrogens with one attached hydrogen (secondary N) is 10. The summed E-state index contributed by atoms with van der Waals surface area (Å²) in [5, 5.41) is 134. The van der Waals surface area contributed by atoms with E-state index in [2.05, 4.69) is 53.2 Å². The Hall–Kier alpha value is -9.58. The third-order valence-corrected chi connectivity index (χ3v) is 25.3. The van der Waals surface area contributed by atoms with E-state index in [9.17, 15) is 60.3 Å². The molecular weight excluding hydrogens is 1620 g/mol. The van der Waals surface area contributed by atoms with Gasteiger partial charge in [-0.2, -0.15) is 0 Å². The van der Waals surface area contributed by atoms with E-state index in [0.29, 0.717) is 31.2 Å². The van der Waals surface area contributed by atoms with Crippen LogP contribution in [-0.2, 0) is 67.9 Å². The second-order valence-electron chi connectivity index (χ2n) is 34.5. The van der Waals surface area contributed by atoms with Gasteiger partial charge < -0.3 is 133 Å². The van der Waals surface area contributed by atoms with Crippen LogP contribution in [0.5, 0.6) is 34.5 Å². The third kappa shape index (κ3) is 18.9. The zero-order chi connectivity index (χ0) is 88.1. The largest absolute Gasteiger partial charge is 0.508 e. The van der Waals surface area contributed by atoms with Crippen molar-refractivity contribution in [3.05, 3.63) is 129 Å². The quantitative estimate of drug-likeness (QED) is 0.0343. The summed E-state index contributed by atoms with van der Waals surface area (Å²) in [5.41, 5.74) is 3.30. The third-order valence-electron chi connectivity index (χ3n) is 25.0. The Morgan fingerprint density at radius 2 is 1.37 bits per heavy atom. The molecule has 12 aliphatic rings. The van der Waals surface area contributed by atoms with Gasteiger partial charge >= 0.3 is 0 Å². The number of hydrogen-bond acceptors (Lipinski definition) is 28. The number of carbonyl (C=O) groups is 9. The molecule has 6 fully saturated rings. The fraction of sp³-hybridized carbons (Fsp3) is 0.547. The fourth-order valence-electron chi connectivity index (χ4n) is 18.8. The number of hydrogen-bond donors (Lipinski definition) is 20. The highest BCUT2D eigenvalue weighted by atomic mass is 35.5. The highest BCUT2D eigenvalue weighted by Crippen LogP contribution is 2.56. The molecule has 17 rings (SSSR count). The lowest BCUT2D eigenvalue weighted by atomic mass is 9.54. The van der Waals surface area contributed by atoms with Gasteiger partial charge in [-0.1, -0.05) is 62.7 Å². The first-order valence-electron chi connectivity index (χ1n) is 41.8. The molecule has 36 nitrogen and oxygen atoms in total. The van der Waals surface area contributed by atoms with E-state index in [1.165, 1.54) is 88.5 Å². The number of aliphatic hydroxyl groups excluding tert-OH is 6. The first-order valence-corrected chi connectivity index (χ1v) is 42.2. The highest BCUT2D eigenvalue weighted by Gasteiger charge is 2.54. The number of benzene rings is 5. The van der Waals surface area contributed by atoms with Crippen molar-refractivity contribution in [1.29, 1.82) is 0 Å². The van der Waals surface area contributed by atoms with Gasteiger partial charge in [0, 0.05) is 35.7 Å². The Morgan fingerprint density at radius 3 is 2.03 bits per heavy atom. The zero-order valence-electron chi connectivity index (χ0n) is 68.9. The van der Waals surface area contributed by atoms with Crippen LogP contribution >= 0.6 is 11.6 Å². The summed E-state index contributed by atoms with van der Waals surface area (Å²) in [7, 11) is 1.49. The molecule has 7 aliphatic heterocycles. The number of amides is 9. The average molecular weight is 1730 g/mol. The van der Waals surface area contributed by atoms with Crippen LogP contribution in [0.1, 0.15) is 175 Å². The molecule has 37 heteroatoms. The van der Waals surface area contributed by atoms with Crippen LogP contribution in [0.4, 0.5) is 0 Å². The van der Waals surface area contributed by atoms with E-state index < -0.39 is 216 Å². The molecule has 664 valence electrons. The lowest BCUT2D eigenvalue weighted by Crippen LogP contribution is -2.64. The monoisotopic (exact) mass is 1730 g/mol. The predicted molar refractivity (Wildman–Crippen MR) is 435 cm³/mol. The molecule has 7 heterocycles. The van der Waals surface area contributed by atoms with Gasteiger partial charge in [-0.05, 0) is 215 Å². The molecule has 4 saturated carbocycles. The minimum Gasteiger partial charge on any atom is -0.508 e. The Kier molecular flexibility index (Phi) is 26.9. The first-order chi connectivity index (χ1) is 58.5. The van der Waals surface area contributed by atoms with Crippen molar-refractivity contribution in [1.82, 2.24) is 53.2 Å². The summed E-state index contributed by atoms with van der Waals surface area (Å²) in [6, 6.07) is 2.69. The maximum Gasteiger partial charge on any atom is 0.255 e. The number of aromatic hydroxyl groups is 1. The van der Waals surface area contributed by atoms with Gasteiger partial charge in [0.2, 0.25) is 65.1 Å². The molecule has 1 unspecified atom stereocenters. The summed E-state index contributed by atoms with van der Waals surface area (Å²) in [4.78, 5) is 139. The number of ether oxygens (including phenoxy) is 7. The van der Waals surface area contributed by atoms with E-state index in [4.69, 9.17) is 50.5 Å². The Morgan fingerprint density at radius 1 is 0.699 bits per heavy atom. The Labute approximate surface area is 713 Å². The van der Waals surface area contributed by atoms with Gasteiger partial charge in [0.25, 0.3) is 5.91 Å². The van der Waals surface area contributed by atoms with E-state index in [-0.39, 0.29) is 104 Å². The normalized spacial score (nSPS) is 31.7. The fourth-order valence-corrected chi connectivity index (χ4v) is 19.0. The van der Waals surface area contributed by atoms with Crippen molar-refractivity contribution in [2.24, 2.45) is 35.3 Å². The molecule has 15 bridgehead atoms. The Bertz CT molecular complexity index is 4820. The number of rotatable bonds is 22. The molecule has 123 heavy (non-hydrogen) atoms. The number of carbonyl (C=O) groups excluding carboxylic acids is 9. The maximum absolute atomic E-state index is 16.7. The standard InChI is InChI=1S/C86H108ClN11O25/c1-8-90-19-9-10-20-117-38(5)76(107)92-60(101)33-55-78(109)94-65-46-29-57(73(123-84-74(72(105)71(104)59(35-99)121-84)122-61-34-85(6,88)75(106)37(4)118-61)58(30-46)120-56-18-14-43(28-53(56)87)70(103)68(82(113)91-55)97-77(108)54(89-7)21-36(2)3)119-48-15-11-41(12-16-48)69(102)67-83(114)96-66(81(112)93-63-44-23-39-22-40(25-44)26-45(63)24-39)50-31-47(100)32-52-62(50)49-27-42(13-17-51(49)86(52,115)116)64(79(110)98-67)95-80(65)111/h11-18,27-32,36-40,44-45,54-55,59,61,63-72,74-75,84,89-90,99-100,102-106,115-116H,8-10,19-26,33-35,88H2,1-7H3,(H,91,113)(H,93,112)(H,94,109)(H,95,111)(H,96,114)(H,97,108)(H,98,110)(H,92,101,107)/t37-,38?,39?,40?,44?,45?,54+,55-,59+,61-,63?,64+,65+,66-,67-,68+,69+,70+,71+,72-,74+,75+,84-,85-/m0/s1. The van der Waals surface area contributed by atoms with E-state index >= 15 is 28.8 Å². The van der Waals surface area contributed by atoms with Crippen molar-refractivity contribution >= 4 is 64.8 Å². The van der Waals surface area contributed by atoms with Gasteiger partial charge in [-0.15, -0.1) is 0 Å². The topological polar surface area (TPSA) is 547 Å². The van der Waals surface area contributed by atoms with Gasteiger partial charge in [-0.25, -0.2) is 0 Å². The first kappa shape index (κ1) is 89.7. The molecular formula is C86H108ClN11O25. The number of fused-ring (bicyclic) bond motifs is 12. The molecule has 0 aromatic heterocycles. The van der Waals surface area contributed by atoms with E-state index in [1.54, 1.807) is 0 Å². The van der Waals surface area contributed by atoms with Crippen molar-refractivity contribution in [2.45, 2.75) is 233 Å². The number of imide groups is 1. The van der Waals surface area contributed by atoms with Crippen LogP contribution in [-0.4, -0.2) is 224 Å². The SMILES string of the molecule is CCNCCCCOC(C)C(=O)NC(=O)C[C@@H]1NC(=O)[C@H](NC(=O)[C@@H](CC(C)C)NC)[C@H](O)c2ccc(c(Cl)c2)Oc2cc3cc(c2O[C@@H]2O[C@H](CO)[C@@H](O)[C@H](O)[C@H]2O[C@H]2C[C@](C)(N)[C@H](O)[C@H](C)O2)Oc2ccc(cc2)[C@@H](O)[C@@H]2NC(=O)[C@H](NC(=O)[C@@H]3NC1=O)c1ccc3c(c1)-c1c(cc(O)cc1C3(O)O)[C@@H](C(=O)NC1C3CC4CC(C3)CC1C4)NC2=O. The van der Waals surface area contributed by atoms with Crippen LogP contribution in [0.3, 0.4) is 0 Å². The van der Waals surface area contributed by atoms with Crippen molar-refractivity contribution in [3.63, 3.8) is 0 Å². The minimum atomic E-state index is -2.98. The van der Waals surface area contributed by atoms with Gasteiger partial charge in [0.1, 0.15) is 90.1 Å². The molecule has 5 aliphatic carbocycles. The molecule has 0 spiro atoms. The van der Waals surface area contributed by atoms with Crippen molar-refractivity contribution in [2.75, 3.05) is 33.4 Å². The molecule has 9 amide bonds. The molecule has 5 aromatic rings. The van der Waals surface area contributed by atoms with Crippen LogP contribution < -0.4 is 73.1 Å². The van der Waals surface area contributed by atoms with Crippen LogP contribution in [0.25, 0.3) is 11.1 Å². The van der Waals surface area contributed by atoms with Gasteiger partial charge in [0.15, 0.2) is 23.9 Å². The lowest BCUT2D eigenvalue weighted by molar-refractivity contribution is -0.333. The molecule has 21 N–H and O–H groups in total. The van der Waals surface area contributed by atoms with E-state index in [1.807, 2.05) is 20.8 Å². The smallest absolute Gasteiger partial charge is 0.255 e. The number of nitrogens with two attached hydrogens (primary N) is 1. The molecule has 19 atom stereocenters. The van der Waals surface area contributed by atoms with Crippen molar-refractivity contribution in [3.8, 4) is 45.6 Å². The van der Waals surface area contributed by atoms with Crippen LogP contribution in [0, 0.1) is 29.6 Å². The number of phenols is 1. The number of aliphatic hydroxyl groups is 8. The molecule has 0 radical (unpaired) electrons. The number of halogens is 1. The van der Waals surface area contributed by atoms with Crippen LogP contribution in [0.2, 0.25) is 5.02 Å². The zero-order valence-corrected chi connectivity index (χ0v) is 69.6. The summed E-state index contributed by atoms with van der Waals surface area (Å²) in [6.45, 7) is 10.5. The minimum absolute atomic E-state index is 0.0831. The number of unbranched alkanes of at least 4 members (excludes halogenated alkanes) is 1. The summed E-state index contributed by atoms with van der Waals surface area (Å²) in [6.07, 6.45) is -14.1. The van der Waals surface area contributed by atoms with Crippen molar-refractivity contribution < 1.29 is 122 Å². The highest BCUT2D eigenvalue weighted by molar-refractivity contribution is 6.32. The number of likely N-dealkylation sites (N-methyl/N-ethyl adjacent to an activating group) is 1.